The van der Waals surface area contributed by atoms with Gasteiger partial charge in [-0.2, -0.15) is 0 Å². The quantitative estimate of drug-likeness (QED) is 0.562. The molecule has 1 N–H and O–H groups in total. The van der Waals surface area contributed by atoms with Gasteiger partial charge in [0.05, 0.1) is 18.2 Å². The fourth-order valence-corrected chi connectivity index (χ4v) is 5.38. The van der Waals surface area contributed by atoms with Crippen molar-refractivity contribution < 1.29 is 14.4 Å². The van der Waals surface area contributed by atoms with Crippen LogP contribution in [0.5, 0.6) is 0 Å². The Balaban J connectivity index is 1.67. The Hall–Kier alpha value is -3.72. The van der Waals surface area contributed by atoms with E-state index >= 15 is 0 Å². The number of benzene rings is 1. The van der Waals surface area contributed by atoms with Gasteiger partial charge in [0.15, 0.2) is 5.41 Å². The van der Waals surface area contributed by atoms with Crippen LogP contribution < -0.4 is 15.8 Å². The molecule has 35 heavy (non-hydrogen) atoms. The minimum absolute atomic E-state index is 0.0980. The Morgan fingerprint density at radius 1 is 1.14 bits per heavy atom. The van der Waals surface area contributed by atoms with Gasteiger partial charge in [0.2, 0.25) is 11.8 Å². The molecule has 0 aliphatic carbocycles. The number of halogens is 1. The van der Waals surface area contributed by atoms with Crippen LogP contribution >= 0.6 is 11.6 Å². The lowest BCUT2D eigenvalue weighted by Crippen LogP contribution is -2.71. The topological polar surface area (TPSA) is 104 Å². The maximum atomic E-state index is 14.0. The van der Waals surface area contributed by atoms with Crippen molar-refractivity contribution in [3.8, 4) is 0 Å². The van der Waals surface area contributed by atoms with Crippen molar-refractivity contribution in [2.75, 3.05) is 11.4 Å². The molecule has 3 aromatic rings. The fourth-order valence-electron chi connectivity index (χ4n) is 5.19. The minimum Gasteiger partial charge on any atom is -0.352 e. The number of hydrogen-bond acceptors (Lipinski definition) is 6. The third kappa shape index (κ3) is 3.25. The van der Waals surface area contributed by atoms with E-state index in [2.05, 4.69) is 5.32 Å². The van der Waals surface area contributed by atoms with Crippen LogP contribution in [-0.2, 0) is 22.6 Å². The Kier molecular flexibility index (Phi) is 5.40. The summed E-state index contributed by atoms with van der Waals surface area (Å²) in [7, 11) is 0. The highest BCUT2D eigenvalue weighted by Crippen LogP contribution is 2.43. The monoisotopic (exact) mass is 493 g/mol. The number of nitrogens with zero attached hydrogens (tertiary/aromatic N) is 4. The third-order valence-electron chi connectivity index (χ3n) is 7.15. The molecule has 1 aromatic carbocycles. The zero-order valence-electron chi connectivity index (χ0n) is 19.5. The van der Waals surface area contributed by atoms with Gasteiger partial charge >= 0.3 is 6.03 Å². The number of imide groups is 2. The first-order valence-electron chi connectivity index (χ1n) is 11.4. The second-order valence-corrected chi connectivity index (χ2v) is 9.36. The Morgan fingerprint density at radius 3 is 2.60 bits per heavy atom. The van der Waals surface area contributed by atoms with Crippen LogP contribution in [0.15, 0.2) is 47.4 Å². The zero-order valence-corrected chi connectivity index (χ0v) is 20.3. The molecular weight excluding hydrogens is 470 g/mol. The fraction of sp³-hybridized carbons (Fsp3) is 0.320. The lowest BCUT2D eigenvalue weighted by atomic mass is 9.69. The van der Waals surface area contributed by atoms with E-state index in [9.17, 15) is 19.2 Å². The van der Waals surface area contributed by atoms with Crippen molar-refractivity contribution in [3.05, 3.63) is 74.7 Å². The first-order chi connectivity index (χ1) is 16.7. The van der Waals surface area contributed by atoms with Crippen molar-refractivity contribution in [2.24, 2.45) is 5.41 Å². The second kappa shape index (κ2) is 8.20. The number of hydrogen-bond donors (Lipinski definition) is 1. The number of urea groups is 1. The van der Waals surface area contributed by atoms with Crippen LogP contribution in [0.3, 0.4) is 0 Å². The zero-order chi connectivity index (χ0) is 25.1. The molecule has 4 amide bonds. The molecule has 1 saturated heterocycles. The van der Waals surface area contributed by atoms with Gasteiger partial charge in [0.25, 0.3) is 5.56 Å². The van der Waals surface area contributed by atoms with Crippen LogP contribution in [-0.4, -0.2) is 44.7 Å². The number of pyridine rings is 1. The average Bonchev–Trinajstić information content (AvgIpc) is 2.83. The van der Waals surface area contributed by atoms with Gasteiger partial charge < -0.3 is 4.90 Å². The van der Waals surface area contributed by atoms with E-state index in [-0.39, 0.29) is 24.1 Å². The minimum atomic E-state index is -1.68. The predicted molar refractivity (Wildman–Crippen MR) is 130 cm³/mol. The molecule has 2 aliphatic rings. The maximum Gasteiger partial charge on any atom is 0.331 e. The molecule has 180 valence electrons. The first kappa shape index (κ1) is 23.0. The number of fused-ring (bicyclic) bond motifs is 2. The number of amides is 4. The Morgan fingerprint density at radius 2 is 1.89 bits per heavy atom. The number of anilines is 1. The van der Waals surface area contributed by atoms with Crippen LogP contribution in [0.25, 0.3) is 5.65 Å². The smallest absolute Gasteiger partial charge is 0.331 e. The van der Waals surface area contributed by atoms with Gasteiger partial charge in [-0.1, -0.05) is 35.9 Å². The molecule has 2 aromatic heterocycles. The lowest BCUT2D eigenvalue weighted by Gasteiger charge is -2.49. The number of nitrogens with one attached hydrogen (secondary N) is 1. The van der Waals surface area contributed by atoms with Crippen LogP contribution in [0.4, 0.5) is 10.6 Å². The summed E-state index contributed by atoms with van der Waals surface area (Å²) in [4.78, 5) is 61.3. The van der Waals surface area contributed by atoms with Crippen molar-refractivity contribution >= 4 is 40.9 Å². The standard InChI is InChI=1S/C25H24ClN5O4/c1-4-29-15(3)25(12-17-20(29)27-19-14(2)8-7-11-30(19)21(17)32)22(33)28-24(35)31(23(25)34)13-16-9-5-6-10-18(16)26/h5-11,15H,4,12-13H2,1-3H3,(H,28,33,35)/t15-,25-/m1/s1. The number of carbonyl (C=O) groups excluding carboxylic acids is 3. The van der Waals surface area contributed by atoms with E-state index in [4.69, 9.17) is 16.6 Å². The Labute approximate surface area is 206 Å². The van der Waals surface area contributed by atoms with E-state index in [0.717, 1.165) is 10.5 Å². The summed E-state index contributed by atoms with van der Waals surface area (Å²) < 4.78 is 1.43. The Bertz CT molecular complexity index is 1470. The molecule has 0 unspecified atom stereocenters. The number of carbonyl (C=O) groups is 3. The normalized spacial score (nSPS) is 22.1. The maximum absolute atomic E-state index is 14.0. The molecule has 0 saturated carbocycles. The highest BCUT2D eigenvalue weighted by atomic mass is 35.5. The number of aromatic nitrogens is 2. The summed E-state index contributed by atoms with van der Waals surface area (Å²) in [6, 6.07) is 9.04. The van der Waals surface area contributed by atoms with E-state index in [1.54, 1.807) is 48.4 Å². The molecule has 1 spiro atoms. The predicted octanol–water partition coefficient (Wildman–Crippen LogP) is 2.69. The van der Waals surface area contributed by atoms with Gasteiger partial charge in [-0.05, 0) is 44.0 Å². The van der Waals surface area contributed by atoms with Crippen molar-refractivity contribution in [2.45, 2.75) is 39.8 Å². The number of aryl methyl sites for hydroxylation is 1. The van der Waals surface area contributed by atoms with Crippen molar-refractivity contribution in [3.63, 3.8) is 0 Å². The average molecular weight is 494 g/mol. The second-order valence-electron chi connectivity index (χ2n) is 8.96. The van der Waals surface area contributed by atoms with E-state index in [1.165, 1.54) is 4.40 Å². The molecule has 4 heterocycles. The molecule has 1 fully saturated rings. The largest absolute Gasteiger partial charge is 0.352 e. The molecule has 9 nitrogen and oxygen atoms in total. The summed E-state index contributed by atoms with van der Waals surface area (Å²) in [5.41, 5.74) is 0.169. The third-order valence-corrected chi connectivity index (χ3v) is 7.52. The lowest BCUT2D eigenvalue weighted by molar-refractivity contribution is -0.153. The van der Waals surface area contributed by atoms with E-state index in [1.807, 2.05) is 19.9 Å². The van der Waals surface area contributed by atoms with Gasteiger partial charge in [-0.25, -0.2) is 9.78 Å². The number of rotatable bonds is 3. The molecule has 2 aliphatic heterocycles. The summed E-state index contributed by atoms with van der Waals surface area (Å²) >= 11 is 6.28. The summed E-state index contributed by atoms with van der Waals surface area (Å²) in [6.45, 7) is 5.81. The molecule has 10 heteroatoms. The van der Waals surface area contributed by atoms with E-state index in [0.29, 0.717) is 28.6 Å². The molecule has 2 atom stereocenters. The molecule has 0 radical (unpaired) electrons. The van der Waals surface area contributed by atoms with Gasteiger partial charge in [0.1, 0.15) is 11.5 Å². The summed E-state index contributed by atoms with van der Waals surface area (Å²) in [6.07, 6.45) is 1.45. The van der Waals surface area contributed by atoms with Crippen molar-refractivity contribution in [1.29, 1.82) is 0 Å². The van der Waals surface area contributed by atoms with Gasteiger partial charge in [-0.3, -0.25) is 29.0 Å². The number of barbiturate groups is 1. The van der Waals surface area contributed by atoms with Crippen LogP contribution in [0.2, 0.25) is 5.02 Å². The van der Waals surface area contributed by atoms with Gasteiger partial charge in [0, 0.05) is 24.2 Å². The van der Waals surface area contributed by atoms with Crippen LogP contribution in [0, 0.1) is 12.3 Å². The summed E-state index contributed by atoms with van der Waals surface area (Å²) in [5.74, 6) is -0.912. The molecule has 0 bridgehead atoms. The highest BCUT2D eigenvalue weighted by Gasteiger charge is 2.61. The molecular formula is C25H24ClN5O4. The SMILES string of the molecule is CCN1c2nc3c(C)cccn3c(=O)c2C[C@]2(C(=O)NC(=O)N(Cc3ccccc3Cl)C2=O)[C@H]1C. The van der Waals surface area contributed by atoms with Crippen molar-refractivity contribution in [1.82, 2.24) is 19.6 Å². The van der Waals surface area contributed by atoms with Gasteiger partial charge in [-0.15, -0.1) is 0 Å². The van der Waals surface area contributed by atoms with E-state index < -0.39 is 29.3 Å². The summed E-state index contributed by atoms with van der Waals surface area (Å²) in [5, 5.41) is 2.76. The first-order valence-corrected chi connectivity index (χ1v) is 11.8. The van der Waals surface area contributed by atoms with Crippen LogP contribution in [0.1, 0.15) is 30.5 Å². The molecule has 5 rings (SSSR count). The highest BCUT2D eigenvalue weighted by molar-refractivity contribution is 6.31.